The van der Waals surface area contributed by atoms with Crippen LogP contribution in [0.4, 0.5) is 0 Å². The lowest BCUT2D eigenvalue weighted by Crippen LogP contribution is -2.52. The molecule has 1 aliphatic rings. The number of phenolic OH excluding ortho intramolecular Hbond substituents is 1. The molecule has 1 aliphatic heterocycles. The van der Waals surface area contributed by atoms with Gasteiger partial charge < -0.3 is 51.7 Å². The lowest BCUT2D eigenvalue weighted by molar-refractivity contribution is -0.141. The molecule has 2 aromatic carbocycles. The van der Waals surface area contributed by atoms with Crippen molar-refractivity contribution in [3.63, 3.8) is 0 Å². The molecule has 0 spiro atoms. The Labute approximate surface area is 377 Å². The molecule has 2 aromatic rings. The van der Waals surface area contributed by atoms with Gasteiger partial charge in [-0.3, -0.25) is 33.6 Å². The molecule has 17 heteroatoms. The van der Waals surface area contributed by atoms with Crippen LogP contribution >= 0.6 is 0 Å². The smallest absolute Gasteiger partial charge is 0.247 e. The van der Waals surface area contributed by atoms with Crippen LogP contribution in [0, 0.1) is 6.92 Å². The van der Waals surface area contributed by atoms with E-state index in [9.17, 15) is 48.9 Å². The van der Waals surface area contributed by atoms with Crippen molar-refractivity contribution in [2.75, 3.05) is 53.5 Å². The molecule has 3 rings (SSSR count). The molecule has 64 heavy (non-hydrogen) atoms. The first kappa shape index (κ1) is 52.8. The molecular formula is C47H71N7O10. The number of rotatable bonds is 25. The summed E-state index contributed by atoms with van der Waals surface area (Å²) in [5.74, 6) is -4.59. The average molecular weight is 894 g/mol. The zero-order valence-corrected chi connectivity index (χ0v) is 38.1. The Kier molecular flexibility index (Phi) is 23.3. The van der Waals surface area contributed by atoms with Gasteiger partial charge in [-0.1, -0.05) is 102 Å². The van der Waals surface area contributed by atoms with Gasteiger partial charge >= 0.3 is 0 Å². The molecule has 17 nitrogen and oxygen atoms in total. The van der Waals surface area contributed by atoms with Crippen molar-refractivity contribution in [2.24, 2.45) is 0 Å². The number of aliphatic hydroxyl groups excluding tert-OH is 2. The van der Waals surface area contributed by atoms with Crippen molar-refractivity contribution in [2.45, 2.75) is 128 Å². The van der Waals surface area contributed by atoms with Crippen molar-refractivity contribution < 1.29 is 48.9 Å². The molecule has 0 saturated carbocycles. The molecular weight excluding hydrogens is 823 g/mol. The number of fused-ring (bicyclic) bond motifs is 5. The molecule has 4 bridgehead atoms. The van der Waals surface area contributed by atoms with Crippen LogP contribution in [-0.4, -0.2) is 132 Å². The average Bonchev–Trinajstić information content (AvgIpc) is 3.28. The van der Waals surface area contributed by atoms with Gasteiger partial charge in [0.25, 0.3) is 0 Å². The maximum Gasteiger partial charge on any atom is 0.247 e. The van der Waals surface area contributed by atoms with Crippen molar-refractivity contribution in [3.05, 3.63) is 53.1 Å². The summed E-state index contributed by atoms with van der Waals surface area (Å²) in [4.78, 5) is 94.4. The van der Waals surface area contributed by atoms with Crippen LogP contribution in [0.2, 0.25) is 0 Å². The summed E-state index contributed by atoms with van der Waals surface area (Å²) in [6.45, 7) is 1.31. The van der Waals surface area contributed by atoms with Gasteiger partial charge in [0.1, 0.15) is 23.9 Å². The van der Waals surface area contributed by atoms with E-state index in [-0.39, 0.29) is 37.6 Å². The molecule has 7 amide bonds. The molecule has 0 aromatic heterocycles. The number of carbonyl (C=O) groups is 7. The number of phenols is 1. The second kappa shape index (κ2) is 28.3. The number of hydrogen-bond acceptors (Lipinski definition) is 10. The van der Waals surface area contributed by atoms with E-state index in [0.717, 1.165) is 29.7 Å². The molecule has 3 atom stereocenters. The molecule has 8 N–H and O–H groups in total. The number of aliphatic hydroxyl groups is 2. The lowest BCUT2D eigenvalue weighted by Gasteiger charge is -2.29. The van der Waals surface area contributed by atoms with E-state index in [0.29, 0.717) is 28.7 Å². The van der Waals surface area contributed by atoms with Crippen molar-refractivity contribution >= 4 is 41.4 Å². The monoisotopic (exact) mass is 894 g/mol. The zero-order valence-electron chi connectivity index (χ0n) is 38.1. The summed E-state index contributed by atoms with van der Waals surface area (Å²) in [6, 6.07) is 6.11. The Morgan fingerprint density at radius 2 is 1.42 bits per heavy atom. The van der Waals surface area contributed by atoms with Gasteiger partial charge in [0.2, 0.25) is 41.4 Å². The fourth-order valence-corrected chi connectivity index (χ4v) is 7.65. The quantitative estimate of drug-likeness (QED) is 0.0678. The van der Waals surface area contributed by atoms with Crippen LogP contribution in [0.3, 0.4) is 0 Å². The third-order valence-electron chi connectivity index (χ3n) is 11.6. The summed E-state index contributed by atoms with van der Waals surface area (Å²) in [6.07, 6.45) is 15.5. The van der Waals surface area contributed by atoms with Crippen molar-refractivity contribution in [1.82, 2.24) is 36.4 Å². The van der Waals surface area contributed by atoms with E-state index in [1.54, 1.807) is 37.3 Å². The Morgan fingerprint density at radius 1 is 0.781 bits per heavy atom. The number of amides is 7. The van der Waals surface area contributed by atoms with Gasteiger partial charge in [0.05, 0.1) is 32.8 Å². The zero-order chi connectivity index (χ0) is 47.0. The summed E-state index contributed by atoms with van der Waals surface area (Å²) in [7, 11) is 2.78. The van der Waals surface area contributed by atoms with Crippen LogP contribution in [0.1, 0.15) is 120 Å². The van der Waals surface area contributed by atoms with E-state index >= 15 is 0 Å². The number of hydrogen-bond donors (Lipinski definition) is 8. The highest BCUT2D eigenvalue weighted by Crippen LogP contribution is 2.35. The number of nitrogens with zero attached hydrogens (tertiary/aromatic N) is 2. The van der Waals surface area contributed by atoms with Crippen LogP contribution in [-0.2, 0) is 40.0 Å². The molecule has 0 saturated heterocycles. The van der Waals surface area contributed by atoms with Crippen LogP contribution < -0.4 is 26.6 Å². The maximum atomic E-state index is 13.8. The second-order valence-electron chi connectivity index (χ2n) is 16.6. The van der Waals surface area contributed by atoms with Crippen LogP contribution in [0.25, 0.3) is 11.1 Å². The van der Waals surface area contributed by atoms with Crippen molar-refractivity contribution in [1.29, 1.82) is 0 Å². The van der Waals surface area contributed by atoms with Gasteiger partial charge in [-0.15, -0.1) is 0 Å². The first-order chi connectivity index (χ1) is 30.7. The minimum Gasteiger partial charge on any atom is -0.507 e. The second-order valence-corrected chi connectivity index (χ2v) is 16.6. The van der Waals surface area contributed by atoms with E-state index in [2.05, 4.69) is 33.5 Å². The number of aryl methyl sites for hydroxylation is 1. The Bertz CT molecular complexity index is 1870. The van der Waals surface area contributed by atoms with E-state index < -0.39 is 79.8 Å². The molecule has 0 radical (unpaired) electrons. The SMILES string of the molecule is CCCCCCCCCCCCCCCC(=O)N(C)C(CO)C(=O)NCC(=O)NCC(=O)N(C)C1C(=O)NCC(=O)NC(C(=O)NCCO)Cc2ccc(O)c(c2)-c2cc1ccc2C. The number of benzene rings is 2. The third kappa shape index (κ3) is 17.2. The Morgan fingerprint density at radius 3 is 2.05 bits per heavy atom. The van der Waals surface area contributed by atoms with Gasteiger partial charge in [0.15, 0.2) is 0 Å². The number of carbonyl (C=O) groups excluding carboxylic acids is 7. The van der Waals surface area contributed by atoms with Gasteiger partial charge in [-0.25, -0.2) is 0 Å². The Hall–Kier alpha value is -5.55. The molecule has 0 aliphatic carbocycles. The van der Waals surface area contributed by atoms with Crippen LogP contribution in [0.5, 0.6) is 5.75 Å². The van der Waals surface area contributed by atoms with Crippen molar-refractivity contribution in [3.8, 4) is 16.9 Å². The van der Waals surface area contributed by atoms with Gasteiger partial charge in [0, 0.05) is 39.0 Å². The molecule has 0 fully saturated rings. The summed E-state index contributed by atoms with van der Waals surface area (Å²) in [5, 5.41) is 42.6. The highest BCUT2D eigenvalue weighted by molar-refractivity contribution is 5.95. The lowest BCUT2D eigenvalue weighted by atomic mass is 9.92. The summed E-state index contributed by atoms with van der Waals surface area (Å²) < 4.78 is 0. The fourth-order valence-electron chi connectivity index (χ4n) is 7.65. The largest absolute Gasteiger partial charge is 0.507 e. The van der Waals surface area contributed by atoms with Crippen LogP contribution in [0.15, 0.2) is 36.4 Å². The molecule has 3 unspecified atom stereocenters. The number of nitrogens with one attached hydrogen (secondary N) is 5. The predicted molar refractivity (Wildman–Crippen MR) is 243 cm³/mol. The standard InChI is InChI=1S/C47H71N7O10/c1-5-6-7-8-9-10-11-12-13-14-15-16-17-18-42(60)53(3)38(31-56)46(63)50-28-40(58)49-30-43(61)54(4)44-34-21-19-32(2)35(27-34)36-25-33(20-22-39(36)57)26-37(45(62)48-23-24-55)52-41(59)29-51-47(44)64/h19-22,25,27,37-38,44,55-57H,5-18,23-24,26,28-31H2,1-4H3,(H,48,62)(H,49,58)(H,50,63)(H,51,64)(H,52,59). The normalized spacial score (nSPS) is 15.5. The Balaban J connectivity index is 1.57. The number of unbranched alkanes of at least 4 members (excludes halogenated alkanes) is 12. The topological polar surface area (TPSA) is 247 Å². The molecule has 354 valence electrons. The first-order valence-electron chi connectivity index (χ1n) is 22.8. The van der Waals surface area contributed by atoms with E-state index in [1.807, 2.05) is 0 Å². The van der Waals surface area contributed by atoms with E-state index in [4.69, 9.17) is 0 Å². The number of likely N-dealkylation sites (N-methyl/N-ethyl adjacent to an activating group) is 2. The minimum absolute atomic E-state index is 0.0382. The number of aromatic hydroxyl groups is 1. The minimum atomic E-state index is -1.33. The van der Waals surface area contributed by atoms with Gasteiger partial charge in [-0.05, 0) is 53.8 Å². The maximum absolute atomic E-state index is 13.8. The highest BCUT2D eigenvalue weighted by Gasteiger charge is 2.32. The predicted octanol–water partition coefficient (Wildman–Crippen LogP) is 2.67. The summed E-state index contributed by atoms with van der Waals surface area (Å²) in [5.41, 5.74) is 2.58. The van der Waals surface area contributed by atoms with Gasteiger partial charge in [-0.2, -0.15) is 0 Å². The first-order valence-corrected chi connectivity index (χ1v) is 22.8. The third-order valence-corrected chi connectivity index (χ3v) is 11.6. The fraction of sp³-hybridized carbons (Fsp3) is 0.596. The van der Waals surface area contributed by atoms with E-state index in [1.165, 1.54) is 82.8 Å². The molecule has 1 heterocycles. The summed E-state index contributed by atoms with van der Waals surface area (Å²) >= 11 is 0. The highest BCUT2D eigenvalue weighted by atomic mass is 16.3.